The minimum Gasteiger partial charge on any atom is -0.380 e. The van der Waals surface area contributed by atoms with Crippen molar-refractivity contribution in [2.45, 2.75) is 25.7 Å². The van der Waals surface area contributed by atoms with Gasteiger partial charge < -0.3 is 25.3 Å². The largest absolute Gasteiger partial charge is 0.380 e. The lowest BCUT2D eigenvalue weighted by atomic mass is 9.90. The van der Waals surface area contributed by atoms with Gasteiger partial charge in [0.25, 0.3) is 0 Å². The van der Waals surface area contributed by atoms with Gasteiger partial charge in [0.15, 0.2) is 0 Å². The number of anilines is 3. The molecular formula is C23H31N5O. The lowest BCUT2D eigenvalue weighted by molar-refractivity contribution is 0.154. The summed E-state index contributed by atoms with van der Waals surface area (Å²) >= 11 is 0. The summed E-state index contributed by atoms with van der Waals surface area (Å²) in [6.07, 6.45) is 8.36. The maximum atomic E-state index is 5.45. The average molecular weight is 394 g/mol. The van der Waals surface area contributed by atoms with Crippen LogP contribution in [-0.4, -0.2) is 49.9 Å². The number of fused-ring (bicyclic) bond motifs is 1. The van der Waals surface area contributed by atoms with Gasteiger partial charge in [-0.3, -0.25) is 4.98 Å². The van der Waals surface area contributed by atoms with Crippen LogP contribution in [0.1, 0.15) is 31.2 Å². The van der Waals surface area contributed by atoms with Gasteiger partial charge >= 0.3 is 0 Å². The lowest BCUT2D eigenvalue weighted by Gasteiger charge is -2.22. The van der Waals surface area contributed by atoms with Gasteiger partial charge in [0.05, 0.1) is 30.4 Å². The Hall–Kier alpha value is -2.57. The molecule has 29 heavy (non-hydrogen) atoms. The molecule has 3 aromatic rings. The lowest BCUT2D eigenvalue weighted by Crippen LogP contribution is -2.26. The van der Waals surface area contributed by atoms with Crippen molar-refractivity contribution in [3.05, 3.63) is 48.4 Å². The van der Waals surface area contributed by atoms with Gasteiger partial charge in [-0.2, -0.15) is 0 Å². The van der Waals surface area contributed by atoms with Crippen LogP contribution in [0, 0.1) is 0 Å². The van der Waals surface area contributed by atoms with Crippen LogP contribution in [0.5, 0.6) is 0 Å². The summed E-state index contributed by atoms with van der Waals surface area (Å²) in [5.74, 6) is 0.650. The zero-order chi connectivity index (χ0) is 20.1. The Morgan fingerprint density at radius 1 is 1.17 bits per heavy atom. The molecule has 1 saturated heterocycles. The maximum Gasteiger partial charge on any atom is 0.0641 e. The quantitative estimate of drug-likeness (QED) is 0.500. The molecule has 0 saturated carbocycles. The first-order chi connectivity index (χ1) is 14.2. The summed E-state index contributed by atoms with van der Waals surface area (Å²) in [4.78, 5) is 10.0. The Labute approximate surface area is 172 Å². The van der Waals surface area contributed by atoms with E-state index in [4.69, 9.17) is 4.74 Å². The van der Waals surface area contributed by atoms with E-state index >= 15 is 0 Å². The third-order valence-electron chi connectivity index (χ3n) is 5.72. The molecule has 2 aromatic heterocycles. The standard InChI is InChI=1S/C23H31N5O/c1-3-29-11-10-28(2)20-12-19(14-25-15-20)27-18-4-5-21-22(16-26-23(21)13-18)17-6-8-24-9-7-17/h4-5,12-17,24,26-27H,3,6-11H2,1-2H3. The highest BCUT2D eigenvalue weighted by Crippen LogP contribution is 2.33. The van der Waals surface area contributed by atoms with Crippen molar-refractivity contribution < 1.29 is 4.74 Å². The number of piperidine rings is 1. The monoisotopic (exact) mass is 393 g/mol. The second-order valence-electron chi connectivity index (χ2n) is 7.70. The molecule has 1 aliphatic heterocycles. The van der Waals surface area contributed by atoms with Gasteiger partial charge in [0.2, 0.25) is 0 Å². The average Bonchev–Trinajstić information content (AvgIpc) is 3.18. The zero-order valence-corrected chi connectivity index (χ0v) is 17.4. The van der Waals surface area contributed by atoms with E-state index in [1.165, 1.54) is 29.3 Å². The van der Waals surface area contributed by atoms with Crippen molar-refractivity contribution in [3.63, 3.8) is 0 Å². The van der Waals surface area contributed by atoms with Crippen molar-refractivity contribution in [2.24, 2.45) is 0 Å². The minimum absolute atomic E-state index is 0.650. The Morgan fingerprint density at radius 3 is 2.86 bits per heavy atom. The number of aromatic amines is 1. The van der Waals surface area contributed by atoms with Gasteiger partial charge in [-0.1, -0.05) is 6.07 Å². The number of hydrogen-bond donors (Lipinski definition) is 3. The normalized spacial score (nSPS) is 15.0. The Morgan fingerprint density at radius 2 is 2.03 bits per heavy atom. The van der Waals surface area contributed by atoms with Crippen molar-refractivity contribution in [1.29, 1.82) is 0 Å². The number of hydrogen-bond acceptors (Lipinski definition) is 5. The highest BCUT2D eigenvalue weighted by molar-refractivity contribution is 5.87. The molecule has 0 bridgehead atoms. The fourth-order valence-corrected chi connectivity index (χ4v) is 4.04. The molecular weight excluding hydrogens is 362 g/mol. The summed E-state index contributed by atoms with van der Waals surface area (Å²) in [6.45, 7) is 6.54. The van der Waals surface area contributed by atoms with E-state index in [0.29, 0.717) is 12.5 Å². The predicted molar refractivity (Wildman–Crippen MR) is 120 cm³/mol. The molecule has 1 fully saturated rings. The molecule has 3 heterocycles. The van der Waals surface area contributed by atoms with Gasteiger partial charge in [-0.25, -0.2) is 0 Å². The summed E-state index contributed by atoms with van der Waals surface area (Å²) in [5.41, 5.74) is 5.75. The SMILES string of the molecule is CCOCCN(C)c1cncc(Nc2ccc3c(C4CCNCC4)c[nH]c3c2)c1. The minimum atomic E-state index is 0.650. The van der Waals surface area contributed by atoms with Crippen LogP contribution in [0.4, 0.5) is 17.1 Å². The van der Waals surface area contributed by atoms with Gasteiger partial charge in [-0.05, 0) is 62.5 Å². The molecule has 154 valence electrons. The van der Waals surface area contributed by atoms with E-state index in [9.17, 15) is 0 Å². The van der Waals surface area contributed by atoms with E-state index in [0.717, 1.165) is 43.3 Å². The first-order valence-electron chi connectivity index (χ1n) is 10.6. The van der Waals surface area contributed by atoms with E-state index in [1.807, 2.05) is 19.3 Å². The fourth-order valence-electron chi connectivity index (χ4n) is 4.04. The van der Waals surface area contributed by atoms with Crippen LogP contribution in [0.3, 0.4) is 0 Å². The number of benzene rings is 1. The zero-order valence-electron chi connectivity index (χ0n) is 17.4. The van der Waals surface area contributed by atoms with Crippen molar-refractivity contribution in [2.75, 3.05) is 50.1 Å². The summed E-state index contributed by atoms with van der Waals surface area (Å²) in [6, 6.07) is 8.70. The maximum absolute atomic E-state index is 5.45. The molecule has 0 atom stereocenters. The van der Waals surface area contributed by atoms with Crippen LogP contribution in [0.2, 0.25) is 0 Å². The van der Waals surface area contributed by atoms with Crippen LogP contribution in [0.25, 0.3) is 10.9 Å². The molecule has 6 nitrogen and oxygen atoms in total. The third kappa shape index (κ3) is 4.71. The smallest absolute Gasteiger partial charge is 0.0641 e. The predicted octanol–water partition coefficient (Wildman–Crippen LogP) is 4.25. The molecule has 3 N–H and O–H groups in total. The molecule has 1 aliphatic rings. The van der Waals surface area contributed by atoms with Crippen molar-refractivity contribution in [1.82, 2.24) is 15.3 Å². The molecule has 0 spiro atoms. The van der Waals surface area contributed by atoms with E-state index in [2.05, 4.69) is 63.0 Å². The van der Waals surface area contributed by atoms with E-state index < -0.39 is 0 Å². The van der Waals surface area contributed by atoms with Crippen molar-refractivity contribution >= 4 is 28.0 Å². The van der Waals surface area contributed by atoms with E-state index in [1.54, 1.807) is 0 Å². The number of ether oxygens (including phenoxy) is 1. The number of H-pyrrole nitrogens is 1. The Bertz CT molecular complexity index is 932. The van der Waals surface area contributed by atoms with Gasteiger partial charge in [-0.15, -0.1) is 0 Å². The summed E-state index contributed by atoms with van der Waals surface area (Å²) in [7, 11) is 2.06. The molecule has 0 amide bonds. The van der Waals surface area contributed by atoms with E-state index in [-0.39, 0.29) is 0 Å². The number of aromatic nitrogens is 2. The first kappa shape index (κ1) is 19.7. The number of nitrogens with one attached hydrogen (secondary N) is 3. The number of nitrogens with zero attached hydrogens (tertiary/aromatic N) is 2. The van der Waals surface area contributed by atoms with Crippen LogP contribution in [0.15, 0.2) is 42.9 Å². The number of likely N-dealkylation sites (N-methyl/N-ethyl adjacent to an activating group) is 1. The van der Waals surface area contributed by atoms with Gasteiger partial charge in [0.1, 0.15) is 0 Å². The number of rotatable bonds is 8. The molecule has 0 radical (unpaired) electrons. The topological polar surface area (TPSA) is 65.2 Å². The first-order valence-corrected chi connectivity index (χ1v) is 10.6. The molecule has 1 aromatic carbocycles. The van der Waals surface area contributed by atoms with Gasteiger partial charge in [0, 0.05) is 43.0 Å². The fraction of sp³-hybridized carbons (Fsp3) is 0.435. The molecule has 0 unspecified atom stereocenters. The molecule has 0 aliphatic carbocycles. The Balaban J connectivity index is 1.47. The summed E-state index contributed by atoms with van der Waals surface area (Å²) in [5, 5.41) is 8.29. The van der Waals surface area contributed by atoms with Crippen LogP contribution in [-0.2, 0) is 4.74 Å². The highest BCUT2D eigenvalue weighted by atomic mass is 16.5. The third-order valence-corrected chi connectivity index (χ3v) is 5.72. The second kappa shape index (κ2) is 9.29. The van der Waals surface area contributed by atoms with Crippen LogP contribution < -0.4 is 15.5 Å². The molecule has 6 heteroatoms. The van der Waals surface area contributed by atoms with Crippen LogP contribution >= 0.6 is 0 Å². The summed E-state index contributed by atoms with van der Waals surface area (Å²) < 4.78 is 5.45. The highest BCUT2D eigenvalue weighted by Gasteiger charge is 2.18. The molecule has 4 rings (SSSR count). The second-order valence-corrected chi connectivity index (χ2v) is 7.70. The Kier molecular flexibility index (Phi) is 6.32. The van der Waals surface area contributed by atoms with Crippen molar-refractivity contribution in [3.8, 4) is 0 Å². The number of pyridine rings is 1.